The minimum Gasteiger partial charge on any atom is -0.507 e. The highest BCUT2D eigenvalue weighted by molar-refractivity contribution is 5.86. The molecule has 0 fully saturated rings. The number of aromatic nitrogens is 3. The Morgan fingerprint density at radius 2 is 2.24 bits per heavy atom. The van der Waals surface area contributed by atoms with E-state index in [-0.39, 0.29) is 18.1 Å². The molecular weight excluding hydrogens is 332 g/mol. The van der Waals surface area contributed by atoms with Gasteiger partial charge in [0.05, 0.1) is 19.4 Å². The lowest BCUT2D eigenvalue weighted by Crippen LogP contribution is -2.31. The molecule has 11 nitrogen and oxygen atoms in total. The maximum absolute atomic E-state index is 11.6. The van der Waals surface area contributed by atoms with Crippen molar-refractivity contribution in [2.45, 2.75) is 6.92 Å². The van der Waals surface area contributed by atoms with Crippen LogP contribution in [0.5, 0.6) is 11.5 Å². The van der Waals surface area contributed by atoms with Crippen LogP contribution in [0.3, 0.4) is 0 Å². The zero-order chi connectivity index (χ0) is 18.2. The van der Waals surface area contributed by atoms with Crippen LogP contribution in [0.1, 0.15) is 12.5 Å². The summed E-state index contributed by atoms with van der Waals surface area (Å²) in [6, 6.07) is 4.67. The van der Waals surface area contributed by atoms with Crippen molar-refractivity contribution < 1.29 is 14.6 Å². The number of benzene rings is 1. The predicted molar refractivity (Wildman–Crippen MR) is 89.0 cm³/mol. The summed E-state index contributed by atoms with van der Waals surface area (Å²) in [5.74, 6) is -0.299. The number of nitrogens with zero attached hydrogens (tertiary/aromatic N) is 2. The van der Waals surface area contributed by atoms with Crippen molar-refractivity contribution in [1.29, 1.82) is 0 Å². The number of carbonyl (C=O) groups excluding carboxylic acids is 1. The molecular formula is C14H16N6O5. The molecule has 0 spiro atoms. The Labute approximate surface area is 140 Å². The molecule has 0 saturated carbocycles. The summed E-state index contributed by atoms with van der Waals surface area (Å²) in [4.78, 5) is 35.8. The van der Waals surface area contributed by atoms with Gasteiger partial charge in [0.25, 0.3) is 11.5 Å². The maximum Gasteiger partial charge on any atom is 0.342 e. The highest BCUT2D eigenvalue weighted by Crippen LogP contribution is 2.22. The standard InChI is InChI=1S/C14H16N6O5/c1-2-25-9-4-3-8(10(21)5-9)6-16-18-11(22)7-15-12-13(23)17-14(24)20-19-12/h3-6,21H,2,7H2,1H3,(H,15,19)(H,18,22)(H2,17,20,23,24)/b16-6+. The quantitative estimate of drug-likeness (QED) is 0.321. The van der Waals surface area contributed by atoms with Gasteiger partial charge in [-0.05, 0) is 19.1 Å². The van der Waals surface area contributed by atoms with Gasteiger partial charge in [-0.2, -0.15) is 5.10 Å². The molecule has 2 aromatic rings. The number of phenols is 1. The number of rotatable bonds is 7. The smallest absolute Gasteiger partial charge is 0.342 e. The Bertz CT molecular complexity index is 888. The van der Waals surface area contributed by atoms with E-state index in [9.17, 15) is 19.5 Å². The Hall–Kier alpha value is -3.63. The van der Waals surface area contributed by atoms with Crippen molar-refractivity contribution in [3.63, 3.8) is 0 Å². The maximum atomic E-state index is 11.6. The Morgan fingerprint density at radius 1 is 1.44 bits per heavy atom. The molecule has 0 aliphatic carbocycles. The number of phenolic OH excluding ortho intramolecular Hbond substituents is 1. The number of anilines is 1. The van der Waals surface area contributed by atoms with E-state index in [2.05, 4.69) is 20.9 Å². The molecule has 0 radical (unpaired) electrons. The van der Waals surface area contributed by atoms with Crippen molar-refractivity contribution in [2.24, 2.45) is 5.10 Å². The van der Waals surface area contributed by atoms with Gasteiger partial charge < -0.3 is 15.2 Å². The molecule has 0 bridgehead atoms. The van der Waals surface area contributed by atoms with Crippen LogP contribution < -0.4 is 26.7 Å². The number of aromatic amines is 2. The lowest BCUT2D eigenvalue weighted by atomic mass is 10.2. The summed E-state index contributed by atoms with van der Waals surface area (Å²) >= 11 is 0. The van der Waals surface area contributed by atoms with E-state index in [1.807, 2.05) is 17.0 Å². The second-order valence-electron chi connectivity index (χ2n) is 4.66. The van der Waals surface area contributed by atoms with Gasteiger partial charge in [-0.15, -0.1) is 5.10 Å². The largest absolute Gasteiger partial charge is 0.507 e. The van der Waals surface area contributed by atoms with Gasteiger partial charge in [-0.3, -0.25) is 14.6 Å². The Kier molecular flexibility index (Phi) is 5.87. The molecule has 0 aliphatic rings. The molecule has 1 amide bonds. The summed E-state index contributed by atoms with van der Waals surface area (Å²) in [5.41, 5.74) is 1.10. The number of amides is 1. The van der Waals surface area contributed by atoms with Crippen LogP contribution in [0.15, 0.2) is 32.9 Å². The average Bonchev–Trinajstić information content (AvgIpc) is 2.56. The van der Waals surface area contributed by atoms with Gasteiger partial charge in [-0.1, -0.05) is 0 Å². The van der Waals surface area contributed by atoms with E-state index in [4.69, 9.17) is 4.74 Å². The Morgan fingerprint density at radius 3 is 2.92 bits per heavy atom. The molecule has 132 valence electrons. The molecule has 1 heterocycles. The number of hydrogen-bond acceptors (Lipinski definition) is 8. The van der Waals surface area contributed by atoms with Crippen LogP contribution in [0, 0.1) is 0 Å². The first-order valence-electron chi connectivity index (χ1n) is 7.20. The van der Waals surface area contributed by atoms with Gasteiger partial charge >= 0.3 is 5.69 Å². The highest BCUT2D eigenvalue weighted by Gasteiger charge is 2.05. The molecule has 0 saturated heterocycles. The third-order valence-corrected chi connectivity index (χ3v) is 2.83. The molecule has 2 rings (SSSR count). The molecule has 11 heteroatoms. The van der Waals surface area contributed by atoms with Crippen LogP contribution in [0.25, 0.3) is 0 Å². The molecule has 1 aromatic heterocycles. The van der Waals surface area contributed by atoms with Crippen molar-refractivity contribution in [3.05, 3.63) is 44.6 Å². The summed E-state index contributed by atoms with van der Waals surface area (Å²) in [6.45, 7) is 2.00. The fourth-order valence-electron chi connectivity index (χ4n) is 1.73. The monoisotopic (exact) mass is 348 g/mol. The first kappa shape index (κ1) is 17.7. The number of hydrazone groups is 1. The van der Waals surface area contributed by atoms with E-state index >= 15 is 0 Å². The van der Waals surface area contributed by atoms with Gasteiger partial charge in [0.15, 0.2) is 0 Å². The summed E-state index contributed by atoms with van der Waals surface area (Å²) in [6.07, 6.45) is 1.26. The van der Waals surface area contributed by atoms with Gasteiger partial charge in [0, 0.05) is 11.6 Å². The second-order valence-corrected chi connectivity index (χ2v) is 4.66. The summed E-state index contributed by atoms with van der Waals surface area (Å²) in [7, 11) is 0. The average molecular weight is 348 g/mol. The minimum atomic E-state index is -0.751. The third kappa shape index (κ3) is 5.20. The van der Waals surface area contributed by atoms with E-state index in [1.54, 1.807) is 12.1 Å². The highest BCUT2D eigenvalue weighted by atomic mass is 16.5. The van der Waals surface area contributed by atoms with Crippen LogP contribution >= 0.6 is 0 Å². The van der Waals surface area contributed by atoms with Crippen molar-refractivity contribution >= 4 is 17.9 Å². The van der Waals surface area contributed by atoms with Gasteiger partial charge in [0.1, 0.15) is 11.5 Å². The van der Waals surface area contributed by atoms with Crippen molar-refractivity contribution in [1.82, 2.24) is 20.6 Å². The summed E-state index contributed by atoms with van der Waals surface area (Å²) in [5, 5.41) is 21.4. The number of carbonyl (C=O) groups is 1. The number of H-pyrrole nitrogens is 2. The predicted octanol–water partition coefficient (Wildman–Crippen LogP) is -0.875. The Balaban J connectivity index is 1.88. The first-order chi connectivity index (χ1) is 12.0. The molecule has 0 aliphatic heterocycles. The van der Waals surface area contributed by atoms with E-state index in [1.165, 1.54) is 12.3 Å². The van der Waals surface area contributed by atoms with Crippen LogP contribution in [0.2, 0.25) is 0 Å². The normalized spacial score (nSPS) is 10.6. The minimum absolute atomic E-state index is 0.0500. The number of ether oxygens (including phenoxy) is 1. The SMILES string of the molecule is CCOc1ccc(/C=N/NC(=O)CNc2n[nH]c(=O)[nH]c2=O)c(O)c1. The zero-order valence-electron chi connectivity index (χ0n) is 13.2. The second kappa shape index (κ2) is 8.29. The molecule has 0 unspecified atom stereocenters. The number of nitrogens with one attached hydrogen (secondary N) is 4. The topological polar surface area (TPSA) is 162 Å². The molecule has 25 heavy (non-hydrogen) atoms. The molecule has 5 N–H and O–H groups in total. The van der Waals surface area contributed by atoms with Gasteiger partial charge in [0.2, 0.25) is 5.82 Å². The van der Waals surface area contributed by atoms with Crippen molar-refractivity contribution in [3.8, 4) is 11.5 Å². The lowest BCUT2D eigenvalue weighted by Gasteiger charge is -2.05. The van der Waals surface area contributed by atoms with Crippen LogP contribution in [0.4, 0.5) is 5.82 Å². The fourth-order valence-corrected chi connectivity index (χ4v) is 1.73. The third-order valence-electron chi connectivity index (χ3n) is 2.83. The van der Waals surface area contributed by atoms with E-state index in [0.717, 1.165) is 0 Å². The van der Waals surface area contributed by atoms with Crippen LogP contribution in [-0.4, -0.2) is 45.6 Å². The fraction of sp³-hybridized carbons (Fsp3) is 0.214. The van der Waals surface area contributed by atoms with E-state index in [0.29, 0.717) is 17.9 Å². The molecule has 0 atom stereocenters. The van der Waals surface area contributed by atoms with E-state index < -0.39 is 17.2 Å². The zero-order valence-corrected chi connectivity index (χ0v) is 13.2. The number of aromatic hydroxyl groups is 1. The molecule has 1 aromatic carbocycles. The van der Waals surface area contributed by atoms with Crippen molar-refractivity contribution in [2.75, 3.05) is 18.5 Å². The van der Waals surface area contributed by atoms with Crippen LogP contribution in [-0.2, 0) is 4.79 Å². The van der Waals surface area contributed by atoms with Gasteiger partial charge in [-0.25, -0.2) is 15.3 Å². The number of hydrogen-bond donors (Lipinski definition) is 5. The lowest BCUT2D eigenvalue weighted by molar-refractivity contribution is -0.119. The summed E-state index contributed by atoms with van der Waals surface area (Å²) < 4.78 is 5.24. The first-order valence-corrected chi connectivity index (χ1v) is 7.20.